The standard InChI is InChI=1S/C14H10S/c15-14-7-3-6-12-8-10-4-1-2-5-11(10)9-13(12)14/h1-6,8-9H,7H2. The molecule has 0 fully saturated rings. The van der Waals surface area contributed by atoms with E-state index in [1.165, 1.54) is 21.9 Å². The Bertz CT molecular complexity index is 579. The molecular formula is C14H10S. The van der Waals surface area contributed by atoms with Crippen LogP contribution >= 0.6 is 12.2 Å². The normalized spacial score (nSPS) is 14.3. The first-order chi connectivity index (χ1) is 7.34. The first-order valence-electron chi connectivity index (χ1n) is 5.07. The predicted octanol–water partition coefficient (Wildman–Crippen LogP) is 3.97. The number of allylic oxidation sites excluding steroid dienone is 1. The minimum Gasteiger partial charge on any atom is -0.0839 e. The zero-order chi connectivity index (χ0) is 10.3. The molecule has 72 valence electrons. The number of hydrogen-bond donors (Lipinski definition) is 0. The van der Waals surface area contributed by atoms with Crippen molar-refractivity contribution in [3.63, 3.8) is 0 Å². The smallest absolute Gasteiger partial charge is 0.0268 e. The van der Waals surface area contributed by atoms with E-state index in [0.717, 1.165) is 11.3 Å². The van der Waals surface area contributed by atoms with Crippen LogP contribution in [0.15, 0.2) is 42.5 Å². The minimum absolute atomic E-state index is 0.903. The summed E-state index contributed by atoms with van der Waals surface area (Å²) in [6.07, 6.45) is 5.21. The van der Waals surface area contributed by atoms with E-state index >= 15 is 0 Å². The molecule has 2 aromatic carbocycles. The average molecular weight is 210 g/mol. The van der Waals surface area contributed by atoms with Gasteiger partial charge in [0.1, 0.15) is 0 Å². The molecule has 2 aromatic rings. The van der Waals surface area contributed by atoms with Gasteiger partial charge in [-0.3, -0.25) is 0 Å². The van der Waals surface area contributed by atoms with E-state index in [0.29, 0.717) is 0 Å². The fourth-order valence-corrected chi connectivity index (χ4v) is 2.31. The maximum Gasteiger partial charge on any atom is 0.0268 e. The highest BCUT2D eigenvalue weighted by Gasteiger charge is 2.10. The average Bonchev–Trinajstić information content (AvgIpc) is 2.27. The van der Waals surface area contributed by atoms with E-state index < -0.39 is 0 Å². The summed E-state index contributed by atoms with van der Waals surface area (Å²) < 4.78 is 0. The number of thiocarbonyl (C=S) groups is 1. The topological polar surface area (TPSA) is 0 Å². The molecule has 0 N–H and O–H groups in total. The zero-order valence-corrected chi connectivity index (χ0v) is 9.05. The lowest BCUT2D eigenvalue weighted by Gasteiger charge is -2.12. The minimum atomic E-state index is 0.903. The van der Waals surface area contributed by atoms with Crippen molar-refractivity contribution in [3.8, 4) is 0 Å². The molecule has 1 heteroatoms. The summed E-state index contributed by atoms with van der Waals surface area (Å²) in [6.45, 7) is 0. The number of rotatable bonds is 0. The lowest BCUT2D eigenvalue weighted by molar-refractivity contribution is 1.47. The van der Waals surface area contributed by atoms with Gasteiger partial charge in [-0.2, -0.15) is 0 Å². The van der Waals surface area contributed by atoms with Crippen molar-refractivity contribution in [2.24, 2.45) is 0 Å². The second kappa shape index (κ2) is 3.28. The number of benzene rings is 2. The molecule has 15 heavy (non-hydrogen) atoms. The summed E-state index contributed by atoms with van der Waals surface area (Å²) in [5.41, 5.74) is 2.48. The highest BCUT2D eigenvalue weighted by atomic mass is 32.1. The third kappa shape index (κ3) is 1.40. The molecule has 0 saturated heterocycles. The summed E-state index contributed by atoms with van der Waals surface area (Å²) in [6, 6.07) is 12.8. The van der Waals surface area contributed by atoms with Crippen LogP contribution < -0.4 is 0 Å². The Morgan fingerprint density at radius 1 is 1.00 bits per heavy atom. The highest BCUT2D eigenvalue weighted by molar-refractivity contribution is 7.80. The molecule has 0 atom stereocenters. The fraction of sp³-hybridized carbons (Fsp3) is 0.0714. The summed E-state index contributed by atoms with van der Waals surface area (Å²) in [7, 11) is 0. The Hall–Kier alpha value is -1.47. The van der Waals surface area contributed by atoms with E-state index in [1.807, 2.05) is 0 Å². The summed E-state index contributed by atoms with van der Waals surface area (Å²) in [5.74, 6) is 0. The van der Waals surface area contributed by atoms with Gasteiger partial charge in [0.25, 0.3) is 0 Å². The van der Waals surface area contributed by atoms with Gasteiger partial charge in [0.15, 0.2) is 0 Å². The Labute approximate surface area is 94.2 Å². The van der Waals surface area contributed by atoms with Crippen LogP contribution in [-0.4, -0.2) is 4.86 Å². The molecule has 0 spiro atoms. The van der Waals surface area contributed by atoms with E-state index in [-0.39, 0.29) is 0 Å². The molecule has 0 nitrogen and oxygen atoms in total. The Balaban J connectivity index is 2.38. The highest BCUT2D eigenvalue weighted by Crippen LogP contribution is 2.25. The van der Waals surface area contributed by atoms with Gasteiger partial charge in [-0.25, -0.2) is 0 Å². The fourth-order valence-electron chi connectivity index (χ4n) is 2.04. The van der Waals surface area contributed by atoms with Crippen molar-refractivity contribution < 1.29 is 0 Å². The molecule has 0 amide bonds. The van der Waals surface area contributed by atoms with E-state index in [9.17, 15) is 0 Å². The molecule has 1 aliphatic rings. The van der Waals surface area contributed by atoms with E-state index in [4.69, 9.17) is 12.2 Å². The zero-order valence-electron chi connectivity index (χ0n) is 8.23. The van der Waals surface area contributed by atoms with Crippen LogP contribution in [0, 0.1) is 0 Å². The van der Waals surface area contributed by atoms with Gasteiger partial charge in [0.05, 0.1) is 0 Å². The van der Waals surface area contributed by atoms with Gasteiger partial charge in [-0.1, -0.05) is 48.6 Å². The molecule has 1 aliphatic carbocycles. The SMILES string of the molecule is S=C1CC=Cc2cc3ccccc3cc21. The van der Waals surface area contributed by atoms with Gasteiger partial charge < -0.3 is 0 Å². The molecule has 0 radical (unpaired) electrons. The third-order valence-corrected chi connectivity index (χ3v) is 3.21. The van der Waals surface area contributed by atoms with Crippen molar-refractivity contribution in [1.29, 1.82) is 0 Å². The van der Waals surface area contributed by atoms with Gasteiger partial charge >= 0.3 is 0 Å². The molecule has 0 bridgehead atoms. The Kier molecular flexibility index (Phi) is 1.93. The van der Waals surface area contributed by atoms with Crippen LogP contribution in [0.3, 0.4) is 0 Å². The molecule has 0 heterocycles. The molecule has 0 aromatic heterocycles. The van der Waals surface area contributed by atoms with Crippen LogP contribution in [0.25, 0.3) is 16.8 Å². The van der Waals surface area contributed by atoms with Crippen molar-refractivity contribution >= 4 is 33.9 Å². The molecular weight excluding hydrogens is 200 g/mol. The van der Waals surface area contributed by atoms with Crippen molar-refractivity contribution in [2.75, 3.05) is 0 Å². The molecule has 0 aliphatic heterocycles. The van der Waals surface area contributed by atoms with Gasteiger partial charge in [-0.05, 0) is 34.0 Å². The molecule has 0 unspecified atom stereocenters. The van der Waals surface area contributed by atoms with Crippen molar-refractivity contribution in [2.45, 2.75) is 6.42 Å². The van der Waals surface area contributed by atoms with Crippen LogP contribution in [0.2, 0.25) is 0 Å². The number of fused-ring (bicyclic) bond motifs is 2. The maximum atomic E-state index is 5.37. The molecule has 0 saturated carbocycles. The Morgan fingerprint density at radius 3 is 2.53 bits per heavy atom. The van der Waals surface area contributed by atoms with E-state index in [1.54, 1.807) is 0 Å². The largest absolute Gasteiger partial charge is 0.0839 e. The summed E-state index contributed by atoms with van der Waals surface area (Å²) in [4.78, 5) is 1.05. The predicted molar refractivity (Wildman–Crippen MR) is 69.3 cm³/mol. The summed E-state index contributed by atoms with van der Waals surface area (Å²) in [5, 5.41) is 2.56. The molecule has 3 rings (SSSR count). The van der Waals surface area contributed by atoms with Crippen molar-refractivity contribution in [1.82, 2.24) is 0 Å². The first-order valence-corrected chi connectivity index (χ1v) is 5.48. The lowest BCUT2D eigenvalue weighted by Crippen LogP contribution is -2.02. The Morgan fingerprint density at radius 2 is 1.73 bits per heavy atom. The summed E-state index contributed by atoms with van der Waals surface area (Å²) >= 11 is 5.37. The van der Waals surface area contributed by atoms with E-state index in [2.05, 4.69) is 48.6 Å². The van der Waals surface area contributed by atoms with Crippen LogP contribution in [0.4, 0.5) is 0 Å². The quantitative estimate of drug-likeness (QED) is 0.593. The van der Waals surface area contributed by atoms with Crippen LogP contribution in [0.5, 0.6) is 0 Å². The van der Waals surface area contributed by atoms with Crippen LogP contribution in [0.1, 0.15) is 17.5 Å². The second-order valence-electron chi connectivity index (χ2n) is 3.82. The van der Waals surface area contributed by atoms with Gasteiger partial charge in [-0.15, -0.1) is 0 Å². The second-order valence-corrected chi connectivity index (χ2v) is 4.31. The van der Waals surface area contributed by atoms with Gasteiger partial charge in [0, 0.05) is 11.3 Å². The number of hydrogen-bond acceptors (Lipinski definition) is 1. The lowest BCUT2D eigenvalue weighted by atomic mass is 9.94. The monoisotopic (exact) mass is 210 g/mol. The maximum absolute atomic E-state index is 5.37. The third-order valence-electron chi connectivity index (χ3n) is 2.82. The van der Waals surface area contributed by atoms with Gasteiger partial charge in [0.2, 0.25) is 0 Å². The van der Waals surface area contributed by atoms with Crippen LogP contribution in [-0.2, 0) is 0 Å². The van der Waals surface area contributed by atoms with Crippen molar-refractivity contribution in [3.05, 3.63) is 53.6 Å². The first kappa shape index (κ1) is 8.81.